The van der Waals surface area contributed by atoms with E-state index in [1.807, 2.05) is 55.6 Å². The van der Waals surface area contributed by atoms with Crippen molar-refractivity contribution < 1.29 is 24.2 Å². The molecule has 0 aliphatic carbocycles. The molecule has 2 aromatic carbocycles. The number of likely N-dealkylation sites (N-methyl/N-ethyl adjacent to an activating group) is 1. The number of rotatable bonds is 7. The number of β-amino-alcohol motifs (C(OH)–C–C–N with tert-alkyl or cyclic N) is 1. The van der Waals surface area contributed by atoms with Crippen LogP contribution in [0.5, 0.6) is 5.75 Å². The molecule has 176 valence electrons. The molecule has 4 rings (SSSR count). The Bertz CT molecular complexity index is 983. The van der Waals surface area contributed by atoms with Crippen LogP contribution < -0.4 is 10.1 Å². The summed E-state index contributed by atoms with van der Waals surface area (Å²) in [5.74, 6) is 0.622. The average Bonchev–Trinajstić information content (AvgIpc) is 3.45. The smallest absolute Gasteiger partial charge is 0.407 e. The number of nitrogens with zero attached hydrogens (tertiary/aromatic N) is 2. The second-order valence-corrected chi connectivity index (χ2v) is 8.68. The van der Waals surface area contributed by atoms with Crippen molar-refractivity contribution in [2.75, 3.05) is 33.8 Å². The van der Waals surface area contributed by atoms with Crippen LogP contribution >= 0.6 is 0 Å². The van der Waals surface area contributed by atoms with Gasteiger partial charge >= 0.3 is 6.09 Å². The molecule has 2 aliphatic heterocycles. The van der Waals surface area contributed by atoms with Crippen molar-refractivity contribution >= 4 is 12.0 Å². The van der Waals surface area contributed by atoms with Crippen molar-refractivity contribution in [2.24, 2.45) is 0 Å². The molecule has 2 aliphatic rings. The molecule has 2 unspecified atom stereocenters. The number of amides is 2. The number of nitrogens with one attached hydrogen (secondary N) is 1. The number of benzene rings is 2. The van der Waals surface area contributed by atoms with Gasteiger partial charge in [0.1, 0.15) is 5.75 Å². The van der Waals surface area contributed by atoms with Crippen LogP contribution in [-0.4, -0.2) is 72.9 Å². The number of carbonyl (C=O) groups is 2. The van der Waals surface area contributed by atoms with Gasteiger partial charge in [0.2, 0.25) is 0 Å². The number of methoxy groups -OCH3 is 1. The highest BCUT2D eigenvalue weighted by Crippen LogP contribution is 2.32. The minimum atomic E-state index is -0.593. The first kappa shape index (κ1) is 23.1. The number of fused-ring (bicyclic) bond motifs is 1. The van der Waals surface area contributed by atoms with Gasteiger partial charge in [-0.1, -0.05) is 42.5 Å². The third kappa shape index (κ3) is 5.46. The summed E-state index contributed by atoms with van der Waals surface area (Å²) in [6.45, 7) is 2.45. The van der Waals surface area contributed by atoms with Gasteiger partial charge in [0.25, 0.3) is 5.91 Å². The zero-order valence-electron chi connectivity index (χ0n) is 19.1. The van der Waals surface area contributed by atoms with Gasteiger partial charge in [-0.15, -0.1) is 0 Å². The molecular formula is C25H31N3O5. The van der Waals surface area contributed by atoms with Crippen LogP contribution in [0.15, 0.2) is 48.5 Å². The van der Waals surface area contributed by atoms with Gasteiger partial charge in [-0.05, 0) is 29.2 Å². The van der Waals surface area contributed by atoms with Crippen LogP contribution in [0.3, 0.4) is 0 Å². The number of hydrogen-bond acceptors (Lipinski definition) is 6. The third-order valence-electron chi connectivity index (χ3n) is 6.38. The highest BCUT2D eigenvalue weighted by Gasteiger charge is 2.35. The third-order valence-corrected chi connectivity index (χ3v) is 6.38. The summed E-state index contributed by atoms with van der Waals surface area (Å²) in [7, 11) is 3.15. The van der Waals surface area contributed by atoms with Gasteiger partial charge in [-0.3, -0.25) is 9.69 Å². The van der Waals surface area contributed by atoms with Crippen LogP contribution in [0.2, 0.25) is 0 Å². The van der Waals surface area contributed by atoms with E-state index in [2.05, 4.69) is 15.0 Å². The lowest BCUT2D eigenvalue weighted by atomic mass is 10.0. The van der Waals surface area contributed by atoms with E-state index in [0.29, 0.717) is 31.8 Å². The van der Waals surface area contributed by atoms with Crippen molar-refractivity contribution in [1.82, 2.24) is 15.1 Å². The maximum absolute atomic E-state index is 13.5. The van der Waals surface area contributed by atoms with Crippen molar-refractivity contribution in [3.05, 3.63) is 65.2 Å². The van der Waals surface area contributed by atoms with Gasteiger partial charge in [0.15, 0.2) is 6.10 Å². The predicted octanol–water partition coefficient (Wildman–Crippen LogP) is 2.11. The van der Waals surface area contributed by atoms with E-state index in [1.165, 1.54) is 7.11 Å². The van der Waals surface area contributed by atoms with Crippen LogP contribution in [0.1, 0.15) is 29.2 Å². The van der Waals surface area contributed by atoms with E-state index in [1.54, 1.807) is 4.90 Å². The number of hydrogen-bond donors (Lipinski definition) is 2. The second kappa shape index (κ2) is 10.2. The lowest BCUT2D eigenvalue weighted by Crippen LogP contribution is -2.44. The zero-order valence-corrected chi connectivity index (χ0v) is 19.1. The Morgan fingerprint density at radius 3 is 2.76 bits per heavy atom. The largest absolute Gasteiger partial charge is 0.480 e. The van der Waals surface area contributed by atoms with Crippen LogP contribution in [0.25, 0.3) is 0 Å². The van der Waals surface area contributed by atoms with Gasteiger partial charge < -0.3 is 24.8 Å². The first-order valence-electron chi connectivity index (χ1n) is 11.3. The summed E-state index contributed by atoms with van der Waals surface area (Å²) in [5.41, 5.74) is 2.92. The maximum atomic E-state index is 13.5. The number of aliphatic hydroxyl groups excluding tert-OH is 1. The molecule has 0 radical (unpaired) electrons. The van der Waals surface area contributed by atoms with Gasteiger partial charge in [-0.25, -0.2) is 4.79 Å². The number of alkyl carbamates (subject to hydrolysis) is 1. The standard InChI is InChI=1S/C25H31N3O5/c1-27(21(18-6-4-3-5-7-18)16-28-11-10-20(29)15-28)24(30)23-13-19-12-17(8-9-22(19)33-23)14-26-25(31)32-2/h3-9,12,20-21,23,29H,10-11,13-16H2,1-2H3,(H,26,31)/t20-,21?,23?/m0/s1. The number of likely N-dealkylation sites (tertiary alicyclic amines) is 1. The Balaban J connectivity index is 1.45. The molecule has 0 spiro atoms. The molecule has 8 nitrogen and oxygen atoms in total. The molecule has 2 aromatic rings. The van der Waals surface area contributed by atoms with E-state index in [4.69, 9.17) is 4.74 Å². The molecule has 0 saturated carbocycles. The summed E-state index contributed by atoms with van der Waals surface area (Å²) in [5, 5.41) is 12.6. The number of ether oxygens (including phenoxy) is 2. The molecule has 1 fully saturated rings. The zero-order chi connectivity index (χ0) is 23.4. The summed E-state index contributed by atoms with van der Waals surface area (Å²) >= 11 is 0. The summed E-state index contributed by atoms with van der Waals surface area (Å²) in [4.78, 5) is 28.8. The minimum absolute atomic E-state index is 0.0750. The number of carbonyl (C=O) groups excluding carboxylic acids is 2. The molecular weight excluding hydrogens is 422 g/mol. The summed E-state index contributed by atoms with van der Waals surface area (Å²) in [6, 6.07) is 15.5. The molecule has 3 atom stereocenters. The molecule has 33 heavy (non-hydrogen) atoms. The van der Waals surface area contributed by atoms with Crippen molar-refractivity contribution in [3.8, 4) is 5.75 Å². The van der Waals surface area contributed by atoms with Gasteiger partial charge in [-0.2, -0.15) is 0 Å². The first-order valence-corrected chi connectivity index (χ1v) is 11.3. The molecule has 1 saturated heterocycles. The fraction of sp³-hybridized carbons (Fsp3) is 0.440. The van der Waals surface area contributed by atoms with E-state index >= 15 is 0 Å². The van der Waals surface area contributed by atoms with E-state index in [0.717, 1.165) is 29.7 Å². The lowest BCUT2D eigenvalue weighted by Gasteiger charge is -2.33. The lowest BCUT2D eigenvalue weighted by molar-refractivity contribution is -0.139. The Labute approximate surface area is 194 Å². The van der Waals surface area contributed by atoms with Crippen molar-refractivity contribution in [2.45, 2.75) is 37.6 Å². The van der Waals surface area contributed by atoms with Crippen LogP contribution in [0.4, 0.5) is 4.79 Å². The highest BCUT2D eigenvalue weighted by molar-refractivity contribution is 5.83. The summed E-state index contributed by atoms with van der Waals surface area (Å²) < 4.78 is 10.6. The van der Waals surface area contributed by atoms with Crippen LogP contribution in [0, 0.1) is 0 Å². The Morgan fingerprint density at radius 1 is 1.27 bits per heavy atom. The predicted molar refractivity (Wildman–Crippen MR) is 123 cm³/mol. The molecule has 0 aromatic heterocycles. The Hall–Kier alpha value is -3.10. The molecule has 2 heterocycles. The van der Waals surface area contributed by atoms with Crippen molar-refractivity contribution in [1.29, 1.82) is 0 Å². The van der Waals surface area contributed by atoms with E-state index in [9.17, 15) is 14.7 Å². The fourth-order valence-corrected chi connectivity index (χ4v) is 4.53. The fourth-order valence-electron chi connectivity index (χ4n) is 4.53. The molecule has 0 bridgehead atoms. The van der Waals surface area contributed by atoms with Gasteiger partial charge in [0.05, 0.1) is 19.3 Å². The summed E-state index contributed by atoms with van der Waals surface area (Å²) in [6.07, 6.45) is -0.150. The Kier molecular flexibility index (Phi) is 7.15. The van der Waals surface area contributed by atoms with Crippen molar-refractivity contribution in [3.63, 3.8) is 0 Å². The monoisotopic (exact) mass is 453 g/mol. The average molecular weight is 454 g/mol. The maximum Gasteiger partial charge on any atom is 0.407 e. The number of aliphatic hydroxyl groups is 1. The normalized spacial score (nSPS) is 20.6. The van der Waals surface area contributed by atoms with E-state index < -0.39 is 12.2 Å². The highest BCUT2D eigenvalue weighted by atomic mass is 16.5. The molecule has 8 heteroatoms. The quantitative estimate of drug-likeness (QED) is 0.667. The topological polar surface area (TPSA) is 91.3 Å². The molecule has 2 N–H and O–H groups in total. The van der Waals surface area contributed by atoms with Gasteiger partial charge in [0, 0.05) is 39.6 Å². The van der Waals surface area contributed by atoms with Crippen LogP contribution in [-0.2, 0) is 22.5 Å². The van der Waals surface area contributed by atoms with E-state index in [-0.39, 0.29) is 18.1 Å². The minimum Gasteiger partial charge on any atom is -0.480 e. The first-order chi connectivity index (χ1) is 15.9. The Morgan fingerprint density at radius 2 is 2.06 bits per heavy atom. The molecule has 2 amide bonds. The second-order valence-electron chi connectivity index (χ2n) is 8.68. The SMILES string of the molecule is COC(=O)NCc1ccc2c(c1)CC(C(=O)N(C)C(CN1CC[C@H](O)C1)c1ccccc1)O2.